The van der Waals surface area contributed by atoms with Gasteiger partial charge in [0, 0.05) is 11.1 Å². The lowest BCUT2D eigenvalue weighted by atomic mass is 9.78. The molecule has 1 aromatic rings. The van der Waals surface area contributed by atoms with Crippen molar-refractivity contribution in [3.05, 3.63) is 28.8 Å². The Labute approximate surface area is 135 Å². The molecule has 124 valence electrons. The molecule has 0 radical (unpaired) electrons. The fourth-order valence-corrected chi connectivity index (χ4v) is 2.34. The molecule has 0 heterocycles. The Morgan fingerprint density at radius 1 is 1.00 bits per heavy atom. The van der Waals surface area contributed by atoms with Gasteiger partial charge in [-0.3, -0.25) is 0 Å². The smallest absolute Gasteiger partial charge is 0.337 e. The Bertz CT molecular complexity index is 496. The highest BCUT2D eigenvalue weighted by molar-refractivity contribution is 5.90. The molecule has 0 aliphatic carbocycles. The van der Waals surface area contributed by atoms with Crippen molar-refractivity contribution in [2.75, 3.05) is 13.7 Å². The molecular weight excluding hydrogens is 276 g/mol. The Morgan fingerprint density at radius 3 is 1.77 bits per heavy atom. The van der Waals surface area contributed by atoms with Crippen LogP contribution in [0.2, 0.25) is 0 Å². The molecule has 0 saturated heterocycles. The second kappa shape index (κ2) is 6.72. The first-order valence-electron chi connectivity index (χ1n) is 7.92. The zero-order valence-corrected chi connectivity index (χ0v) is 15.3. The van der Waals surface area contributed by atoms with Crippen molar-refractivity contribution in [2.45, 2.75) is 65.7 Å². The van der Waals surface area contributed by atoms with Crippen LogP contribution in [0.25, 0.3) is 0 Å². The van der Waals surface area contributed by atoms with Crippen LogP contribution in [0.15, 0.2) is 12.1 Å². The highest BCUT2D eigenvalue weighted by Crippen LogP contribution is 2.40. The molecule has 0 bridgehead atoms. The van der Waals surface area contributed by atoms with E-state index in [9.17, 15) is 4.79 Å². The molecule has 0 unspecified atom stereocenters. The lowest BCUT2D eigenvalue weighted by molar-refractivity contribution is 0.0600. The fraction of sp³-hybridized carbons (Fsp3) is 0.632. The lowest BCUT2D eigenvalue weighted by Gasteiger charge is -2.30. The molecule has 1 aromatic carbocycles. The third-order valence-corrected chi connectivity index (χ3v) is 3.58. The summed E-state index contributed by atoms with van der Waals surface area (Å²) in [6, 6.07) is 3.82. The van der Waals surface area contributed by atoms with Gasteiger partial charge in [-0.1, -0.05) is 48.5 Å². The Hall–Kier alpha value is -1.51. The molecule has 0 amide bonds. The highest BCUT2D eigenvalue weighted by atomic mass is 16.5. The molecule has 0 fully saturated rings. The minimum absolute atomic E-state index is 0.118. The summed E-state index contributed by atoms with van der Waals surface area (Å²) in [6.45, 7) is 15.6. The van der Waals surface area contributed by atoms with Gasteiger partial charge in [-0.15, -0.1) is 0 Å². The molecule has 3 nitrogen and oxygen atoms in total. The quantitative estimate of drug-likeness (QED) is 0.745. The van der Waals surface area contributed by atoms with Crippen LogP contribution in [0, 0.1) is 0 Å². The number of esters is 1. The van der Waals surface area contributed by atoms with E-state index in [-0.39, 0.29) is 16.8 Å². The van der Waals surface area contributed by atoms with Crippen LogP contribution in [0.3, 0.4) is 0 Å². The van der Waals surface area contributed by atoms with Crippen molar-refractivity contribution in [1.82, 2.24) is 0 Å². The van der Waals surface area contributed by atoms with Crippen LogP contribution in [-0.4, -0.2) is 19.7 Å². The number of methoxy groups -OCH3 is 1. The molecule has 0 spiro atoms. The van der Waals surface area contributed by atoms with Crippen LogP contribution in [-0.2, 0) is 15.6 Å². The first-order valence-corrected chi connectivity index (χ1v) is 7.92. The number of hydrogen-bond acceptors (Lipinski definition) is 3. The summed E-state index contributed by atoms with van der Waals surface area (Å²) < 4.78 is 11.0. The Kier molecular flexibility index (Phi) is 5.66. The normalized spacial score (nSPS) is 12.2. The number of rotatable bonds is 4. The third-order valence-electron chi connectivity index (χ3n) is 3.58. The van der Waals surface area contributed by atoms with Crippen molar-refractivity contribution >= 4 is 5.97 Å². The van der Waals surface area contributed by atoms with E-state index in [0.29, 0.717) is 12.2 Å². The molecule has 0 saturated carbocycles. The Morgan fingerprint density at radius 2 is 1.45 bits per heavy atom. The van der Waals surface area contributed by atoms with Crippen molar-refractivity contribution in [3.8, 4) is 5.75 Å². The molecular formula is C19H30O3. The van der Waals surface area contributed by atoms with Gasteiger partial charge in [0.15, 0.2) is 0 Å². The SMILES string of the molecule is CCCOc1c(C(C)(C)C)cc(C(=O)OC)cc1C(C)(C)C. The van der Waals surface area contributed by atoms with Crippen molar-refractivity contribution in [3.63, 3.8) is 0 Å². The maximum absolute atomic E-state index is 12.0. The van der Waals surface area contributed by atoms with Gasteiger partial charge in [0.25, 0.3) is 0 Å². The highest BCUT2D eigenvalue weighted by Gasteiger charge is 2.29. The number of carbonyl (C=O) groups excluding carboxylic acids is 1. The number of carbonyl (C=O) groups is 1. The second-order valence-electron chi connectivity index (χ2n) is 7.74. The monoisotopic (exact) mass is 306 g/mol. The van der Waals surface area contributed by atoms with Crippen LogP contribution in [0.5, 0.6) is 5.75 Å². The predicted molar refractivity (Wildman–Crippen MR) is 91.0 cm³/mol. The summed E-state index contributed by atoms with van der Waals surface area (Å²) in [5.41, 5.74) is 2.45. The summed E-state index contributed by atoms with van der Waals surface area (Å²) in [6.07, 6.45) is 0.950. The van der Waals surface area contributed by atoms with Crippen LogP contribution >= 0.6 is 0 Å². The molecule has 22 heavy (non-hydrogen) atoms. The van der Waals surface area contributed by atoms with Gasteiger partial charge in [0.1, 0.15) is 5.75 Å². The third kappa shape index (κ3) is 4.25. The zero-order chi connectivity index (χ0) is 17.1. The summed E-state index contributed by atoms with van der Waals surface area (Å²) >= 11 is 0. The summed E-state index contributed by atoms with van der Waals surface area (Å²) in [7, 11) is 1.41. The number of benzene rings is 1. The van der Waals surface area contributed by atoms with Gasteiger partial charge in [-0.25, -0.2) is 4.79 Å². The largest absolute Gasteiger partial charge is 0.493 e. The molecule has 3 heteroatoms. The average Bonchev–Trinajstić information content (AvgIpc) is 2.41. The van der Waals surface area contributed by atoms with Gasteiger partial charge in [0.05, 0.1) is 19.3 Å². The maximum atomic E-state index is 12.0. The topological polar surface area (TPSA) is 35.5 Å². The first-order chi connectivity index (χ1) is 10.0. The van der Waals surface area contributed by atoms with E-state index >= 15 is 0 Å². The van der Waals surface area contributed by atoms with E-state index < -0.39 is 0 Å². The van der Waals surface area contributed by atoms with Gasteiger partial charge in [-0.05, 0) is 29.4 Å². The molecule has 0 N–H and O–H groups in total. The van der Waals surface area contributed by atoms with Crippen LogP contribution in [0.1, 0.15) is 76.4 Å². The first kappa shape index (κ1) is 18.5. The summed E-state index contributed by atoms with van der Waals surface area (Å²) in [5, 5.41) is 0. The van der Waals surface area contributed by atoms with E-state index in [2.05, 4.69) is 48.5 Å². The van der Waals surface area contributed by atoms with E-state index in [1.165, 1.54) is 7.11 Å². The number of hydrogen-bond donors (Lipinski definition) is 0. The van der Waals surface area contributed by atoms with E-state index in [1.807, 2.05) is 12.1 Å². The maximum Gasteiger partial charge on any atom is 0.337 e. The molecule has 0 aliphatic rings. The van der Waals surface area contributed by atoms with Crippen molar-refractivity contribution in [1.29, 1.82) is 0 Å². The van der Waals surface area contributed by atoms with Crippen molar-refractivity contribution in [2.24, 2.45) is 0 Å². The van der Waals surface area contributed by atoms with E-state index in [0.717, 1.165) is 23.3 Å². The minimum Gasteiger partial charge on any atom is -0.493 e. The van der Waals surface area contributed by atoms with E-state index in [4.69, 9.17) is 9.47 Å². The summed E-state index contributed by atoms with van der Waals surface area (Å²) in [5.74, 6) is 0.604. The minimum atomic E-state index is -0.307. The molecule has 0 atom stereocenters. The predicted octanol–water partition coefficient (Wildman–Crippen LogP) is 4.86. The van der Waals surface area contributed by atoms with Gasteiger partial charge in [0.2, 0.25) is 0 Å². The standard InChI is InChI=1S/C19H30O3/c1-9-10-22-16-14(18(2,3)4)11-13(17(20)21-8)12-15(16)19(5,6)7/h11-12H,9-10H2,1-8H3. The fourth-order valence-electron chi connectivity index (χ4n) is 2.34. The molecule has 0 aliphatic heterocycles. The number of ether oxygens (including phenoxy) is 2. The van der Waals surface area contributed by atoms with Crippen LogP contribution < -0.4 is 4.74 Å². The second-order valence-corrected chi connectivity index (χ2v) is 7.74. The average molecular weight is 306 g/mol. The van der Waals surface area contributed by atoms with Crippen molar-refractivity contribution < 1.29 is 14.3 Å². The lowest BCUT2D eigenvalue weighted by Crippen LogP contribution is -2.21. The van der Waals surface area contributed by atoms with Gasteiger partial charge in [-0.2, -0.15) is 0 Å². The molecule has 1 rings (SSSR count). The molecule has 0 aromatic heterocycles. The van der Waals surface area contributed by atoms with Crippen LogP contribution in [0.4, 0.5) is 0 Å². The summed E-state index contributed by atoms with van der Waals surface area (Å²) in [4.78, 5) is 12.0. The zero-order valence-electron chi connectivity index (χ0n) is 15.3. The van der Waals surface area contributed by atoms with Gasteiger partial charge >= 0.3 is 5.97 Å². The van der Waals surface area contributed by atoms with Gasteiger partial charge < -0.3 is 9.47 Å². The Balaban J connectivity index is 3.65. The van der Waals surface area contributed by atoms with E-state index in [1.54, 1.807) is 0 Å².